The van der Waals surface area contributed by atoms with Crippen LogP contribution in [0.25, 0.3) is 0 Å². The number of ether oxygens (including phenoxy) is 2. The Morgan fingerprint density at radius 2 is 1.79 bits per heavy atom. The van der Waals surface area contributed by atoms with Crippen LogP contribution >= 0.6 is 11.6 Å². The second-order valence-electron chi connectivity index (χ2n) is 4.00. The third-order valence-corrected chi connectivity index (χ3v) is 3.06. The van der Waals surface area contributed by atoms with E-state index >= 15 is 0 Å². The number of benzene rings is 2. The van der Waals surface area contributed by atoms with Gasteiger partial charge in [-0.3, -0.25) is 0 Å². The van der Waals surface area contributed by atoms with E-state index in [1.54, 1.807) is 18.2 Å². The van der Waals surface area contributed by atoms with Crippen molar-refractivity contribution in [1.29, 1.82) is 5.26 Å². The van der Waals surface area contributed by atoms with Gasteiger partial charge in [-0.1, -0.05) is 11.6 Å². The fraction of sp³-hybridized carbons (Fsp3) is 0.0714. The van der Waals surface area contributed by atoms with Crippen molar-refractivity contribution in [1.82, 2.24) is 0 Å². The van der Waals surface area contributed by atoms with E-state index in [1.165, 1.54) is 0 Å². The molecule has 0 unspecified atom stereocenters. The van der Waals surface area contributed by atoms with Crippen molar-refractivity contribution < 1.29 is 9.47 Å². The average molecular weight is 273 g/mol. The minimum atomic E-state index is 0.251. The van der Waals surface area contributed by atoms with E-state index in [4.69, 9.17) is 26.3 Å². The van der Waals surface area contributed by atoms with Gasteiger partial charge in [-0.25, -0.2) is 0 Å². The summed E-state index contributed by atoms with van der Waals surface area (Å²) in [6.45, 7) is 0.251. The highest BCUT2D eigenvalue weighted by Crippen LogP contribution is 2.35. The van der Waals surface area contributed by atoms with Gasteiger partial charge in [0.25, 0.3) is 0 Å². The summed E-state index contributed by atoms with van der Waals surface area (Å²) in [6.07, 6.45) is 0. The number of hydrogen-bond acceptors (Lipinski definition) is 4. The molecule has 2 aromatic rings. The summed E-state index contributed by atoms with van der Waals surface area (Å²) in [4.78, 5) is 0. The lowest BCUT2D eigenvalue weighted by Crippen LogP contribution is -1.93. The normalized spacial score (nSPS) is 12.0. The van der Waals surface area contributed by atoms with Gasteiger partial charge in [0.1, 0.15) is 6.07 Å². The van der Waals surface area contributed by atoms with Crippen molar-refractivity contribution >= 4 is 23.0 Å². The maximum absolute atomic E-state index is 8.82. The number of nitrogens with zero attached hydrogens (tertiary/aromatic N) is 1. The van der Waals surface area contributed by atoms with E-state index in [1.807, 2.05) is 24.3 Å². The molecule has 0 saturated carbocycles. The minimum absolute atomic E-state index is 0.251. The molecule has 0 fully saturated rings. The molecule has 0 radical (unpaired) electrons. The van der Waals surface area contributed by atoms with E-state index in [9.17, 15) is 0 Å². The van der Waals surface area contributed by atoms with Crippen LogP contribution in [-0.2, 0) is 0 Å². The van der Waals surface area contributed by atoms with Gasteiger partial charge in [0, 0.05) is 17.4 Å². The van der Waals surface area contributed by atoms with Crippen molar-refractivity contribution in [2.75, 3.05) is 12.1 Å². The average Bonchev–Trinajstić information content (AvgIpc) is 2.86. The van der Waals surface area contributed by atoms with E-state index in [-0.39, 0.29) is 6.79 Å². The number of nitriles is 1. The van der Waals surface area contributed by atoms with Gasteiger partial charge >= 0.3 is 0 Å². The van der Waals surface area contributed by atoms with Crippen LogP contribution in [0.1, 0.15) is 5.56 Å². The molecule has 0 bridgehead atoms. The van der Waals surface area contributed by atoms with E-state index in [0.29, 0.717) is 16.3 Å². The number of hydrogen-bond donors (Lipinski definition) is 1. The topological polar surface area (TPSA) is 54.3 Å². The third-order valence-electron chi connectivity index (χ3n) is 2.75. The Hall–Kier alpha value is -2.38. The zero-order valence-electron chi connectivity index (χ0n) is 9.81. The van der Waals surface area contributed by atoms with Crippen LogP contribution in [0, 0.1) is 11.3 Å². The van der Waals surface area contributed by atoms with Gasteiger partial charge in [-0.05, 0) is 30.3 Å². The van der Waals surface area contributed by atoms with Crippen LogP contribution in [0.3, 0.4) is 0 Å². The molecule has 3 rings (SSSR count). The van der Waals surface area contributed by atoms with Crippen LogP contribution in [0.5, 0.6) is 11.5 Å². The second kappa shape index (κ2) is 4.71. The molecule has 0 spiro atoms. The highest BCUT2D eigenvalue weighted by atomic mass is 35.5. The van der Waals surface area contributed by atoms with Gasteiger partial charge in [-0.2, -0.15) is 5.26 Å². The Bertz CT molecular complexity index is 671. The Labute approximate surface area is 115 Å². The smallest absolute Gasteiger partial charge is 0.231 e. The quantitative estimate of drug-likeness (QED) is 0.906. The molecule has 1 heterocycles. The van der Waals surface area contributed by atoms with Gasteiger partial charge in [-0.15, -0.1) is 0 Å². The van der Waals surface area contributed by atoms with Crippen LogP contribution in [-0.4, -0.2) is 6.79 Å². The predicted molar refractivity (Wildman–Crippen MR) is 72.0 cm³/mol. The van der Waals surface area contributed by atoms with Crippen LogP contribution in [0.15, 0.2) is 36.4 Å². The van der Waals surface area contributed by atoms with Crippen molar-refractivity contribution in [3.05, 3.63) is 47.0 Å². The van der Waals surface area contributed by atoms with Crippen LogP contribution in [0.2, 0.25) is 5.02 Å². The molecule has 0 atom stereocenters. The first-order chi connectivity index (χ1) is 9.26. The fourth-order valence-corrected chi connectivity index (χ4v) is 2.05. The predicted octanol–water partition coefficient (Wildman–Crippen LogP) is 3.68. The number of halogens is 1. The summed E-state index contributed by atoms with van der Waals surface area (Å²) >= 11 is 5.98. The van der Waals surface area contributed by atoms with Gasteiger partial charge < -0.3 is 14.8 Å². The van der Waals surface area contributed by atoms with Crippen molar-refractivity contribution in [2.24, 2.45) is 0 Å². The summed E-state index contributed by atoms with van der Waals surface area (Å²) in [7, 11) is 0. The lowest BCUT2D eigenvalue weighted by Gasteiger charge is -2.08. The number of fused-ring (bicyclic) bond motifs is 1. The second-order valence-corrected chi connectivity index (χ2v) is 4.41. The maximum atomic E-state index is 8.82. The van der Waals surface area contributed by atoms with E-state index in [0.717, 1.165) is 17.1 Å². The lowest BCUT2D eigenvalue weighted by molar-refractivity contribution is 0.174. The molecule has 0 aliphatic carbocycles. The molecule has 5 heteroatoms. The van der Waals surface area contributed by atoms with Gasteiger partial charge in [0.15, 0.2) is 11.5 Å². The molecule has 94 valence electrons. The summed E-state index contributed by atoms with van der Waals surface area (Å²) < 4.78 is 10.6. The first-order valence-corrected chi connectivity index (χ1v) is 6.00. The molecule has 1 N–H and O–H groups in total. The first kappa shape index (κ1) is 11.7. The highest BCUT2D eigenvalue weighted by Gasteiger charge is 2.13. The number of anilines is 2. The number of rotatable bonds is 2. The Kier molecular flexibility index (Phi) is 2.90. The lowest BCUT2D eigenvalue weighted by atomic mass is 10.2. The van der Waals surface area contributed by atoms with Crippen LogP contribution in [0.4, 0.5) is 11.4 Å². The van der Waals surface area contributed by atoms with Crippen molar-refractivity contribution in [2.45, 2.75) is 0 Å². The van der Waals surface area contributed by atoms with E-state index in [2.05, 4.69) is 5.32 Å². The largest absolute Gasteiger partial charge is 0.454 e. The number of nitrogens with one attached hydrogen (secondary N) is 1. The summed E-state index contributed by atoms with van der Waals surface area (Å²) in [6, 6.07) is 12.8. The monoisotopic (exact) mass is 272 g/mol. The SMILES string of the molecule is N#Cc1ccc(Nc2ccc3c(c2)OCO3)cc1Cl. The molecule has 2 aromatic carbocycles. The van der Waals surface area contributed by atoms with Crippen LogP contribution < -0.4 is 14.8 Å². The molecule has 4 nitrogen and oxygen atoms in total. The zero-order valence-corrected chi connectivity index (χ0v) is 10.6. The van der Waals surface area contributed by atoms with Crippen molar-refractivity contribution in [3.63, 3.8) is 0 Å². The fourth-order valence-electron chi connectivity index (χ4n) is 1.82. The minimum Gasteiger partial charge on any atom is -0.454 e. The molecule has 0 amide bonds. The molecular formula is C14H9ClN2O2. The molecule has 1 aliphatic rings. The standard InChI is InChI=1S/C14H9ClN2O2/c15-12-5-10(2-1-9(12)7-16)17-11-3-4-13-14(6-11)19-8-18-13/h1-6,17H,8H2. The van der Waals surface area contributed by atoms with E-state index < -0.39 is 0 Å². The zero-order chi connectivity index (χ0) is 13.2. The molecule has 0 saturated heterocycles. The highest BCUT2D eigenvalue weighted by molar-refractivity contribution is 6.32. The molecule has 1 aliphatic heterocycles. The summed E-state index contributed by atoms with van der Waals surface area (Å²) in [5.74, 6) is 1.45. The van der Waals surface area contributed by atoms with Gasteiger partial charge in [0.05, 0.1) is 10.6 Å². The van der Waals surface area contributed by atoms with Crippen molar-refractivity contribution in [3.8, 4) is 17.6 Å². The summed E-state index contributed by atoms with van der Waals surface area (Å²) in [5.41, 5.74) is 2.13. The Morgan fingerprint density at radius 3 is 2.58 bits per heavy atom. The molecule has 19 heavy (non-hydrogen) atoms. The third kappa shape index (κ3) is 2.28. The Morgan fingerprint density at radius 1 is 1.05 bits per heavy atom. The maximum Gasteiger partial charge on any atom is 0.231 e. The van der Waals surface area contributed by atoms with Gasteiger partial charge in [0.2, 0.25) is 6.79 Å². The Balaban J connectivity index is 1.85. The first-order valence-electron chi connectivity index (χ1n) is 5.62. The molecular weight excluding hydrogens is 264 g/mol. The molecule has 0 aromatic heterocycles. The summed E-state index contributed by atoms with van der Waals surface area (Å²) in [5, 5.41) is 12.4.